The van der Waals surface area contributed by atoms with Crippen LogP contribution in [-0.4, -0.2) is 0 Å². The first-order valence-electron chi connectivity index (χ1n) is 3.78. The Bertz CT molecular complexity index is 270. The number of benzene rings is 1. The molecule has 0 saturated carbocycles. The third-order valence-electron chi connectivity index (χ3n) is 1.66. The van der Waals surface area contributed by atoms with E-state index in [2.05, 4.69) is 23.9 Å². The number of aryl methyl sites for hydroxylation is 1. The summed E-state index contributed by atoms with van der Waals surface area (Å²) in [6, 6.07) is 8.20. The highest BCUT2D eigenvalue weighted by Gasteiger charge is 1.94. The molecule has 0 heterocycles. The van der Waals surface area contributed by atoms with Crippen molar-refractivity contribution in [2.24, 2.45) is 0 Å². The van der Waals surface area contributed by atoms with Crippen LogP contribution in [0.25, 0.3) is 4.85 Å². The van der Waals surface area contributed by atoms with Crippen LogP contribution in [0, 0.1) is 6.57 Å². The molecule has 0 unspecified atom stereocenters. The molecule has 0 aliphatic carbocycles. The molecule has 0 N–H and O–H groups in total. The van der Waals surface area contributed by atoms with Crippen molar-refractivity contribution < 1.29 is 0 Å². The van der Waals surface area contributed by atoms with Crippen molar-refractivity contribution >= 4 is 0 Å². The summed E-state index contributed by atoms with van der Waals surface area (Å²) in [4.78, 5) is 3.33. The van der Waals surface area contributed by atoms with E-state index in [1.807, 2.05) is 12.1 Å². The van der Waals surface area contributed by atoms with Crippen LogP contribution >= 0.6 is 0 Å². The summed E-state index contributed by atoms with van der Waals surface area (Å²) in [5.74, 6) is 0. The highest BCUT2D eigenvalue weighted by molar-refractivity contribution is 5.24. The number of rotatable bonds is 2. The third-order valence-corrected chi connectivity index (χ3v) is 1.66. The molecule has 1 aromatic carbocycles. The molecule has 0 spiro atoms. The summed E-state index contributed by atoms with van der Waals surface area (Å²) in [6.07, 6.45) is 1.05. The Labute approximate surface area is 67.5 Å². The maximum Gasteiger partial charge on any atom is 0.239 e. The second-order valence-electron chi connectivity index (χ2n) is 2.49. The van der Waals surface area contributed by atoms with Crippen LogP contribution in [0.3, 0.4) is 0 Å². The van der Waals surface area contributed by atoms with Gasteiger partial charge in [-0.05, 0) is 18.1 Å². The third kappa shape index (κ3) is 2.09. The van der Waals surface area contributed by atoms with Crippen LogP contribution < -0.4 is 0 Å². The van der Waals surface area contributed by atoms with Gasteiger partial charge in [0.1, 0.15) is 0 Å². The average molecular weight is 145 g/mol. The Morgan fingerprint density at radius 1 is 1.36 bits per heavy atom. The van der Waals surface area contributed by atoms with Gasteiger partial charge in [-0.3, -0.25) is 0 Å². The van der Waals surface area contributed by atoms with E-state index >= 15 is 0 Å². The van der Waals surface area contributed by atoms with Gasteiger partial charge >= 0.3 is 0 Å². The van der Waals surface area contributed by atoms with Crippen molar-refractivity contribution in [3.05, 3.63) is 46.8 Å². The van der Waals surface area contributed by atoms with Crippen LogP contribution in [-0.2, 0) is 13.0 Å². The van der Waals surface area contributed by atoms with Crippen LogP contribution in [0.5, 0.6) is 0 Å². The predicted molar refractivity (Wildman–Crippen MR) is 46.1 cm³/mol. The zero-order chi connectivity index (χ0) is 8.10. The van der Waals surface area contributed by atoms with E-state index in [0.717, 1.165) is 12.0 Å². The maximum atomic E-state index is 6.69. The first-order chi connectivity index (χ1) is 5.36. The van der Waals surface area contributed by atoms with Gasteiger partial charge in [-0.2, -0.15) is 0 Å². The number of nitrogens with zero attached hydrogens (tertiary/aromatic N) is 1. The molecule has 0 fully saturated rings. The minimum Gasteiger partial charge on any atom is -0.312 e. The Kier molecular flexibility index (Phi) is 2.68. The lowest BCUT2D eigenvalue weighted by molar-refractivity contribution is 1.12. The second kappa shape index (κ2) is 3.78. The van der Waals surface area contributed by atoms with Gasteiger partial charge in [0.25, 0.3) is 0 Å². The van der Waals surface area contributed by atoms with Gasteiger partial charge < -0.3 is 4.85 Å². The molecule has 0 aromatic heterocycles. The molecular formula is C10H11N. The normalized spacial score (nSPS) is 9.09. The first kappa shape index (κ1) is 7.81. The van der Waals surface area contributed by atoms with Crippen LogP contribution in [0.15, 0.2) is 24.3 Å². The highest BCUT2D eigenvalue weighted by atomic mass is 14.6. The first-order valence-corrected chi connectivity index (χ1v) is 3.78. The second-order valence-corrected chi connectivity index (χ2v) is 2.49. The maximum absolute atomic E-state index is 6.69. The monoisotopic (exact) mass is 145 g/mol. The molecule has 1 nitrogen and oxygen atoms in total. The molecular weight excluding hydrogens is 134 g/mol. The van der Waals surface area contributed by atoms with Gasteiger partial charge in [0, 0.05) is 5.56 Å². The zero-order valence-corrected chi connectivity index (χ0v) is 6.67. The van der Waals surface area contributed by atoms with Gasteiger partial charge in [0.2, 0.25) is 6.54 Å². The summed E-state index contributed by atoms with van der Waals surface area (Å²) in [5, 5.41) is 0. The van der Waals surface area contributed by atoms with Crippen molar-refractivity contribution in [2.45, 2.75) is 19.9 Å². The Morgan fingerprint density at radius 3 is 2.73 bits per heavy atom. The standard InChI is InChI=1S/C10H11N/c1-3-9-5-4-6-10(7-9)8-11-2/h4-7H,3,8H2,1H3. The Morgan fingerprint density at radius 2 is 2.09 bits per heavy atom. The van der Waals surface area contributed by atoms with Crippen LogP contribution in [0.4, 0.5) is 0 Å². The zero-order valence-electron chi connectivity index (χ0n) is 6.67. The molecule has 1 aromatic rings. The summed E-state index contributed by atoms with van der Waals surface area (Å²) < 4.78 is 0. The number of hydrogen-bond donors (Lipinski definition) is 0. The fourth-order valence-corrected chi connectivity index (χ4v) is 1.04. The van der Waals surface area contributed by atoms with Crippen LogP contribution in [0.1, 0.15) is 18.1 Å². The van der Waals surface area contributed by atoms with E-state index < -0.39 is 0 Å². The molecule has 1 heteroatoms. The molecule has 1 rings (SSSR count). The average Bonchev–Trinajstić information content (AvgIpc) is 2.06. The van der Waals surface area contributed by atoms with E-state index in [0.29, 0.717) is 6.54 Å². The molecule has 56 valence electrons. The molecule has 0 aliphatic heterocycles. The minimum absolute atomic E-state index is 0.508. The Balaban J connectivity index is 2.84. The van der Waals surface area contributed by atoms with Crippen molar-refractivity contribution in [3.63, 3.8) is 0 Å². The smallest absolute Gasteiger partial charge is 0.239 e. The lowest BCUT2D eigenvalue weighted by Gasteiger charge is -1.96. The van der Waals surface area contributed by atoms with E-state index in [1.165, 1.54) is 5.56 Å². The van der Waals surface area contributed by atoms with Crippen molar-refractivity contribution in [1.82, 2.24) is 0 Å². The molecule has 0 atom stereocenters. The van der Waals surface area contributed by atoms with E-state index in [1.54, 1.807) is 0 Å². The van der Waals surface area contributed by atoms with Gasteiger partial charge in [0.05, 0.1) is 0 Å². The van der Waals surface area contributed by atoms with Gasteiger partial charge in [-0.15, -0.1) is 0 Å². The largest absolute Gasteiger partial charge is 0.312 e. The topological polar surface area (TPSA) is 4.36 Å². The lowest BCUT2D eigenvalue weighted by Crippen LogP contribution is -1.83. The molecule has 11 heavy (non-hydrogen) atoms. The van der Waals surface area contributed by atoms with E-state index in [4.69, 9.17) is 6.57 Å². The lowest BCUT2D eigenvalue weighted by atomic mass is 10.1. The number of hydrogen-bond acceptors (Lipinski definition) is 0. The fraction of sp³-hybridized carbons (Fsp3) is 0.300. The predicted octanol–water partition coefficient (Wildman–Crippen LogP) is 2.67. The molecule has 0 amide bonds. The Hall–Kier alpha value is -1.29. The summed E-state index contributed by atoms with van der Waals surface area (Å²) in [6.45, 7) is 9.32. The summed E-state index contributed by atoms with van der Waals surface area (Å²) >= 11 is 0. The van der Waals surface area contributed by atoms with Gasteiger partial charge in [0.15, 0.2) is 0 Å². The van der Waals surface area contributed by atoms with Crippen molar-refractivity contribution in [1.29, 1.82) is 0 Å². The van der Waals surface area contributed by atoms with Gasteiger partial charge in [-0.25, -0.2) is 6.57 Å². The molecule has 0 bridgehead atoms. The van der Waals surface area contributed by atoms with Crippen LogP contribution in [0.2, 0.25) is 0 Å². The van der Waals surface area contributed by atoms with Crippen molar-refractivity contribution in [3.8, 4) is 0 Å². The molecule has 0 saturated heterocycles. The molecule has 0 aliphatic rings. The van der Waals surface area contributed by atoms with Crippen molar-refractivity contribution in [2.75, 3.05) is 0 Å². The fourth-order valence-electron chi connectivity index (χ4n) is 1.04. The highest BCUT2D eigenvalue weighted by Crippen LogP contribution is 2.06. The molecule has 0 radical (unpaired) electrons. The quantitative estimate of drug-likeness (QED) is 0.563. The van der Waals surface area contributed by atoms with E-state index in [-0.39, 0.29) is 0 Å². The summed E-state index contributed by atoms with van der Waals surface area (Å²) in [7, 11) is 0. The van der Waals surface area contributed by atoms with Gasteiger partial charge in [-0.1, -0.05) is 25.1 Å². The minimum atomic E-state index is 0.508. The SMILES string of the molecule is [C-]#[N+]Cc1cccc(CC)c1. The van der Waals surface area contributed by atoms with E-state index in [9.17, 15) is 0 Å². The summed E-state index contributed by atoms with van der Waals surface area (Å²) in [5.41, 5.74) is 2.44.